The standard InChI is InChI=1S/C13H8F8N2O6S/c14-10(15)12(18,19)13(20,21)11(16,17)5-29-9(24)4-30-8-2-1-6(22(25)26)3-7(8)23(27)28/h1-3,10H,4-5H2. The minimum atomic E-state index is -6.56. The molecule has 0 spiro atoms. The van der Waals surface area contributed by atoms with Gasteiger partial charge in [-0.3, -0.25) is 25.0 Å². The maximum atomic E-state index is 13.3. The average molecular weight is 472 g/mol. The van der Waals surface area contributed by atoms with Gasteiger partial charge in [0.2, 0.25) is 0 Å². The topological polar surface area (TPSA) is 113 Å². The number of carbonyl (C=O) groups is 1. The van der Waals surface area contributed by atoms with E-state index in [1.807, 2.05) is 0 Å². The van der Waals surface area contributed by atoms with E-state index in [-0.39, 0.29) is 16.7 Å². The summed E-state index contributed by atoms with van der Waals surface area (Å²) in [4.78, 5) is 30.5. The fraction of sp³-hybridized carbons (Fsp3) is 0.462. The van der Waals surface area contributed by atoms with Crippen LogP contribution in [-0.4, -0.2) is 52.4 Å². The van der Waals surface area contributed by atoms with Crippen LogP contribution in [0.25, 0.3) is 0 Å². The van der Waals surface area contributed by atoms with E-state index in [4.69, 9.17) is 0 Å². The number of esters is 1. The summed E-state index contributed by atoms with van der Waals surface area (Å²) in [6, 6.07) is 2.16. The lowest BCUT2D eigenvalue weighted by Crippen LogP contribution is -2.59. The molecule has 0 unspecified atom stereocenters. The number of halogens is 8. The maximum absolute atomic E-state index is 13.3. The number of alkyl halides is 8. The molecular weight excluding hydrogens is 464 g/mol. The van der Waals surface area contributed by atoms with Crippen molar-refractivity contribution in [1.29, 1.82) is 0 Å². The van der Waals surface area contributed by atoms with E-state index in [1.54, 1.807) is 0 Å². The molecule has 0 saturated carbocycles. The lowest BCUT2D eigenvalue weighted by molar-refractivity contribution is -0.396. The van der Waals surface area contributed by atoms with Gasteiger partial charge in [-0.25, -0.2) is 8.78 Å². The normalized spacial score (nSPS) is 12.7. The fourth-order valence-electron chi connectivity index (χ4n) is 1.71. The van der Waals surface area contributed by atoms with Gasteiger partial charge in [-0.2, -0.15) is 26.3 Å². The molecule has 0 N–H and O–H groups in total. The number of benzene rings is 1. The zero-order valence-corrected chi connectivity index (χ0v) is 14.8. The van der Waals surface area contributed by atoms with Crippen LogP contribution >= 0.6 is 11.8 Å². The number of hydrogen-bond donors (Lipinski definition) is 0. The molecule has 1 rings (SSSR count). The van der Waals surface area contributed by atoms with E-state index in [0.29, 0.717) is 6.07 Å². The molecule has 0 aliphatic heterocycles. The van der Waals surface area contributed by atoms with Crippen molar-refractivity contribution in [2.75, 3.05) is 12.4 Å². The number of thioether (sulfide) groups is 1. The molecule has 0 aliphatic rings. The summed E-state index contributed by atoms with van der Waals surface area (Å²) in [6.45, 7) is -2.68. The maximum Gasteiger partial charge on any atom is 0.381 e. The van der Waals surface area contributed by atoms with Crippen LogP contribution < -0.4 is 0 Å². The third kappa shape index (κ3) is 5.25. The Balaban J connectivity index is 2.83. The minimum absolute atomic E-state index is 0.233. The Morgan fingerprint density at radius 3 is 2.10 bits per heavy atom. The summed E-state index contributed by atoms with van der Waals surface area (Å²) >= 11 is 0.233. The second kappa shape index (κ2) is 8.97. The van der Waals surface area contributed by atoms with Gasteiger partial charge in [0.15, 0.2) is 6.61 Å². The molecule has 1 aromatic rings. The SMILES string of the molecule is O=C(CSc1ccc([N+](=O)[O-])cc1[N+](=O)[O-])OCC(F)(F)C(F)(F)C(F)(F)C(F)F. The number of nitrogens with zero attached hydrogens (tertiary/aromatic N) is 2. The van der Waals surface area contributed by atoms with E-state index >= 15 is 0 Å². The van der Waals surface area contributed by atoms with Gasteiger partial charge in [-0.15, -0.1) is 11.8 Å². The highest BCUT2D eigenvalue weighted by Crippen LogP contribution is 2.48. The van der Waals surface area contributed by atoms with Crippen molar-refractivity contribution in [3.8, 4) is 0 Å². The Labute approximate surface area is 164 Å². The molecule has 0 atom stereocenters. The van der Waals surface area contributed by atoms with Crippen LogP contribution in [0.3, 0.4) is 0 Å². The summed E-state index contributed by atoms with van der Waals surface area (Å²) in [5.41, 5.74) is -1.54. The predicted octanol–water partition coefficient (Wildman–Crippen LogP) is 4.31. The van der Waals surface area contributed by atoms with Crippen LogP contribution in [0.1, 0.15) is 0 Å². The highest BCUT2D eigenvalue weighted by Gasteiger charge is 2.75. The van der Waals surface area contributed by atoms with Crippen molar-refractivity contribution in [2.24, 2.45) is 0 Å². The highest BCUT2D eigenvalue weighted by atomic mass is 32.2. The van der Waals surface area contributed by atoms with Crippen LogP contribution in [0, 0.1) is 20.2 Å². The van der Waals surface area contributed by atoms with Crippen molar-refractivity contribution in [3.05, 3.63) is 38.4 Å². The third-order valence-electron chi connectivity index (χ3n) is 3.26. The summed E-state index contributed by atoms with van der Waals surface area (Å²) in [5.74, 6) is -21.6. The highest BCUT2D eigenvalue weighted by molar-refractivity contribution is 8.00. The van der Waals surface area contributed by atoms with E-state index < -0.39 is 63.7 Å². The number of nitro benzene ring substituents is 2. The van der Waals surface area contributed by atoms with Crippen molar-refractivity contribution < 1.29 is 54.5 Å². The van der Waals surface area contributed by atoms with Crippen LogP contribution in [0.5, 0.6) is 0 Å². The second-order valence-corrected chi connectivity index (χ2v) is 6.34. The molecule has 17 heteroatoms. The summed E-state index contributed by atoms with van der Waals surface area (Å²) in [6.07, 6.45) is -5.13. The Bertz CT molecular complexity index is 838. The molecule has 30 heavy (non-hydrogen) atoms. The van der Waals surface area contributed by atoms with Gasteiger partial charge in [-0.1, -0.05) is 0 Å². The van der Waals surface area contributed by atoms with Crippen molar-refractivity contribution >= 4 is 29.1 Å². The van der Waals surface area contributed by atoms with Gasteiger partial charge in [0.25, 0.3) is 11.4 Å². The molecule has 0 aliphatic carbocycles. The number of hydrogen-bond acceptors (Lipinski definition) is 7. The fourth-order valence-corrected chi connectivity index (χ4v) is 2.51. The molecule has 8 nitrogen and oxygen atoms in total. The zero-order valence-electron chi connectivity index (χ0n) is 14.0. The molecule has 0 bridgehead atoms. The van der Waals surface area contributed by atoms with Crippen molar-refractivity contribution in [1.82, 2.24) is 0 Å². The lowest BCUT2D eigenvalue weighted by atomic mass is 10.1. The quantitative estimate of drug-likeness (QED) is 0.164. The zero-order chi connectivity index (χ0) is 23.5. The monoisotopic (exact) mass is 472 g/mol. The van der Waals surface area contributed by atoms with Gasteiger partial charge in [0.1, 0.15) is 0 Å². The Morgan fingerprint density at radius 1 is 1.07 bits per heavy atom. The first-order valence-corrected chi connectivity index (χ1v) is 8.16. The number of nitro groups is 2. The first-order chi connectivity index (χ1) is 13.5. The number of non-ortho nitro benzene ring substituents is 1. The number of carbonyl (C=O) groups excluding carboxylic acids is 1. The Hall–Kier alpha value is -2.72. The van der Waals surface area contributed by atoms with E-state index in [0.717, 1.165) is 12.1 Å². The van der Waals surface area contributed by atoms with Crippen LogP contribution in [0.4, 0.5) is 46.5 Å². The van der Waals surface area contributed by atoms with Gasteiger partial charge in [-0.05, 0) is 6.07 Å². The summed E-state index contributed by atoms with van der Waals surface area (Å²) in [5, 5.41) is 21.5. The van der Waals surface area contributed by atoms with Crippen LogP contribution in [-0.2, 0) is 9.53 Å². The van der Waals surface area contributed by atoms with Crippen LogP contribution in [0.2, 0.25) is 0 Å². The van der Waals surface area contributed by atoms with Crippen molar-refractivity contribution in [3.63, 3.8) is 0 Å². The molecule has 0 fully saturated rings. The predicted molar refractivity (Wildman–Crippen MR) is 82.3 cm³/mol. The molecule has 168 valence electrons. The van der Waals surface area contributed by atoms with Gasteiger partial charge in [0.05, 0.1) is 26.6 Å². The number of rotatable bonds is 10. The van der Waals surface area contributed by atoms with Gasteiger partial charge < -0.3 is 4.74 Å². The second-order valence-electron chi connectivity index (χ2n) is 5.32. The van der Waals surface area contributed by atoms with Gasteiger partial charge in [0, 0.05) is 6.07 Å². The third-order valence-corrected chi connectivity index (χ3v) is 4.30. The average Bonchev–Trinajstić information content (AvgIpc) is 2.63. The molecule has 0 heterocycles. The largest absolute Gasteiger partial charge is 0.458 e. The summed E-state index contributed by atoms with van der Waals surface area (Å²) in [7, 11) is 0. The molecule has 1 aromatic carbocycles. The molecular formula is C13H8F8N2O6S. The van der Waals surface area contributed by atoms with E-state index in [2.05, 4.69) is 4.74 Å². The molecule has 0 radical (unpaired) electrons. The Kier molecular flexibility index (Phi) is 7.57. The molecule has 0 amide bonds. The number of ether oxygens (including phenoxy) is 1. The van der Waals surface area contributed by atoms with E-state index in [9.17, 15) is 60.1 Å². The first-order valence-electron chi connectivity index (χ1n) is 7.17. The van der Waals surface area contributed by atoms with E-state index in [1.165, 1.54) is 0 Å². The van der Waals surface area contributed by atoms with Crippen LogP contribution in [0.15, 0.2) is 23.1 Å². The van der Waals surface area contributed by atoms with Gasteiger partial charge >= 0.3 is 30.2 Å². The first kappa shape index (κ1) is 25.3. The van der Waals surface area contributed by atoms with Crippen molar-refractivity contribution in [2.45, 2.75) is 29.1 Å². The lowest BCUT2D eigenvalue weighted by Gasteiger charge is -2.31. The molecule has 0 saturated heterocycles. The Morgan fingerprint density at radius 2 is 1.63 bits per heavy atom. The minimum Gasteiger partial charge on any atom is -0.458 e. The molecule has 0 aromatic heterocycles. The smallest absolute Gasteiger partial charge is 0.381 e. The summed E-state index contributed by atoms with van der Waals surface area (Å²) < 4.78 is 106.